The fourth-order valence-electron chi connectivity index (χ4n) is 2.89. The average Bonchev–Trinajstić information content (AvgIpc) is 3.26. The first-order valence-corrected chi connectivity index (χ1v) is 7.35. The summed E-state index contributed by atoms with van der Waals surface area (Å²) in [5.74, 6) is 0.829. The summed E-state index contributed by atoms with van der Waals surface area (Å²) in [7, 11) is 0. The highest BCUT2D eigenvalue weighted by atomic mass is 14.7. The van der Waals surface area contributed by atoms with Crippen LogP contribution >= 0.6 is 0 Å². The number of hydrogen-bond donors (Lipinski definition) is 2. The first kappa shape index (κ1) is 13.0. The van der Waals surface area contributed by atoms with E-state index in [1.54, 1.807) is 0 Å². The summed E-state index contributed by atoms with van der Waals surface area (Å²) in [6.45, 7) is 0. The molecular formula is C18H22N2. The summed E-state index contributed by atoms with van der Waals surface area (Å²) < 4.78 is 0. The molecule has 1 aromatic rings. The minimum Gasteiger partial charge on any atom is -0.401 e. The van der Waals surface area contributed by atoms with Gasteiger partial charge in [0.25, 0.3) is 0 Å². The number of hydrogen-bond acceptors (Lipinski definition) is 2. The van der Waals surface area contributed by atoms with Crippen LogP contribution in [0.4, 0.5) is 0 Å². The highest BCUT2D eigenvalue weighted by Gasteiger charge is 2.37. The molecule has 0 aliphatic heterocycles. The molecule has 2 nitrogen and oxygen atoms in total. The van der Waals surface area contributed by atoms with Gasteiger partial charge in [0.2, 0.25) is 0 Å². The number of benzene rings is 1. The van der Waals surface area contributed by atoms with Gasteiger partial charge in [-0.15, -0.1) is 0 Å². The average molecular weight is 266 g/mol. The molecule has 0 amide bonds. The Balaban J connectivity index is 1.87. The Bertz CT molecular complexity index is 564. The third kappa shape index (κ3) is 2.79. The van der Waals surface area contributed by atoms with Crippen molar-refractivity contribution in [3.05, 3.63) is 65.5 Å². The lowest BCUT2D eigenvalue weighted by atomic mass is 9.73. The van der Waals surface area contributed by atoms with Gasteiger partial charge in [0.15, 0.2) is 0 Å². The predicted octanol–water partition coefficient (Wildman–Crippen LogP) is 3.58. The molecule has 20 heavy (non-hydrogen) atoms. The van der Waals surface area contributed by atoms with E-state index in [9.17, 15) is 0 Å². The smallest absolute Gasteiger partial charge is 0.0319 e. The third-order valence-corrected chi connectivity index (χ3v) is 4.34. The summed E-state index contributed by atoms with van der Waals surface area (Å²) in [5.41, 5.74) is 15.1. The van der Waals surface area contributed by atoms with Gasteiger partial charge in [0, 0.05) is 16.8 Å². The highest BCUT2D eigenvalue weighted by molar-refractivity contribution is 5.52. The molecule has 2 aliphatic rings. The molecule has 0 saturated heterocycles. The van der Waals surface area contributed by atoms with Crippen molar-refractivity contribution in [2.75, 3.05) is 0 Å². The highest BCUT2D eigenvalue weighted by Crippen LogP contribution is 2.47. The molecular weight excluding hydrogens is 244 g/mol. The first-order chi connectivity index (χ1) is 9.68. The van der Waals surface area contributed by atoms with Crippen LogP contribution in [0.5, 0.6) is 0 Å². The lowest BCUT2D eigenvalue weighted by Gasteiger charge is -2.33. The molecule has 0 heterocycles. The van der Waals surface area contributed by atoms with Gasteiger partial charge < -0.3 is 11.5 Å². The van der Waals surface area contributed by atoms with Crippen LogP contribution in [0.25, 0.3) is 6.08 Å². The van der Waals surface area contributed by atoms with Crippen LogP contribution in [-0.2, 0) is 0 Å². The number of nitrogens with two attached hydrogens (primary N) is 2. The van der Waals surface area contributed by atoms with Crippen molar-refractivity contribution in [3.63, 3.8) is 0 Å². The van der Waals surface area contributed by atoms with Crippen LogP contribution in [0.2, 0.25) is 0 Å². The van der Waals surface area contributed by atoms with Gasteiger partial charge in [0.05, 0.1) is 0 Å². The van der Waals surface area contributed by atoms with Crippen LogP contribution in [0.15, 0.2) is 60.0 Å². The molecule has 104 valence electrons. The minimum absolute atomic E-state index is 0.0418. The zero-order valence-electron chi connectivity index (χ0n) is 11.8. The quantitative estimate of drug-likeness (QED) is 0.875. The van der Waals surface area contributed by atoms with E-state index in [4.69, 9.17) is 11.5 Å². The molecule has 3 rings (SSSR count). The minimum atomic E-state index is -0.0418. The van der Waals surface area contributed by atoms with Crippen molar-refractivity contribution in [1.82, 2.24) is 0 Å². The molecule has 0 aromatic heterocycles. The summed E-state index contributed by atoms with van der Waals surface area (Å²) in [6.07, 6.45) is 13.3. The van der Waals surface area contributed by atoms with Crippen molar-refractivity contribution < 1.29 is 0 Å². The van der Waals surface area contributed by atoms with E-state index < -0.39 is 0 Å². The van der Waals surface area contributed by atoms with Crippen molar-refractivity contribution >= 4 is 6.08 Å². The third-order valence-electron chi connectivity index (χ3n) is 4.34. The van der Waals surface area contributed by atoms with Gasteiger partial charge >= 0.3 is 0 Å². The molecule has 1 aromatic carbocycles. The molecule has 0 radical (unpaired) electrons. The topological polar surface area (TPSA) is 52.0 Å². The van der Waals surface area contributed by atoms with Crippen LogP contribution in [0, 0.1) is 11.3 Å². The summed E-state index contributed by atoms with van der Waals surface area (Å²) in [4.78, 5) is 0. The van der Waals surface area contributed by atoms with Gasteiger partial charge in [-0.05, 0) is 30.4 Å². The van der Waals surface area contributed by atoms with Gasteiger partial charge in [0.1, 0.15) is 0 Å². The van der Waals surface area contributed by atoms with Crippen LogP contribution in [0.3, 0.4) is 0 Å². The van der Waals surface area contributed by atoms with Crippen LogP contribution in [-0.4, -0.2) is 0 Å². The fourth-order valence-corrected chi connectivity index (χ4v) is 2.89. The van der Waals surface area contributed by atoms with Crippen LogP contribution < -0.4 is 11.5 Å². The Labute approximate surface area is 120 Å². The molecule has 1 saturated carbocycles. The maximum absolute atomic E-state index is 6.33. The zero-order valence-corrected chi connectivity index (χ0v) is 11.8. The van der Waals surface area contributed by atoms with Crippen molar-refractivity contribution in [2.45, 2.75) is 25.7 Å². The summed E-state index contributed by atoms with van der Waals surface area (Å²) in [6, 6.07) is 10.4. The van der Waals surface area contributed by atoms with E-state index in [0.29, 0.717) is 0 Å². The first-order valence-electron chi connectivity index (χ1n) is 7.35. The zero-order chi connectivity index (χ0) is 14.0. The van der Waals surface area contributed by atoms with E-state index in [1.807, 2.05) is 12.1 Å². The number of allylic oxidation sites excluding steroid dienone is 3. The molecule has 4 N–H and O–H groups in total. The van der Waals surface area contributed by atoms with Crippen molar-refractivity contribution in [1.29, 1.82) is 0 Å². The molecule has 2 heteroatoms. The maximum Gasteiger partial charge on any atom is 0.0319 e. The fraction of sp³-hybridized carbons (Fsp3) is 0.333. The molecule has 1 unspecified atom stereocenters. The van der Waals surface area contributed by atoms with Gasteiger partial charge in [-0.1, -0.05) is 61.4 Å². The van der Waals surface area contributed by atoms with Crippen molar-refractivity contribution in [3.8, 4) is 0 Å². The predicted molar refractivity (Wildman–Crippen MR) is 84.4 cm³/mol. The normalized spacial score (nSPS) is 26.4. The monoisotopic (exact) mass is 266 g/mol. The Morgan fingerprint density at radius 2 is 1.90 bits per heavy atom. The Kier molecular flexibility index (Phi) is 3.39. The lowest BCUT2D eigenvalue weighted by Crippen LogP contribution is -2.29. The Morgan fingerprint density at radius 3 is 2.55 bits per heavy atom. The van der Waals surface area contributed by atoms with Gasteiger partial charge in [-0.2, -0.15) is 0 Å². The maximum atomic E-state index is 6.33. The van der Waals surface area contributed by atoms with Crippen molar-refractivity contribution in [2.24, 2.45) is 22.8 Å². The summed E-state index contributed by atoms with van der Waals surface area (Å²) in [5, 5.41) is 0. The van der Waals surface area contributed by atoms with E-state index in [-0.39, 0.29) is 5.41 Å². The second-order valence-electron chi connectivity index (χ2n) is 6.06. The second kappa shape index (κ2) is 5.20. The van der Waals surface area contributed by atoms with Gasteiger partial charge in [-0.25, -0.2) is 0 Å². The molecule has 0 spiro atoms. The second-order valence-corrected chi connectivity index (χ2v) is 6.06. The molecule has 2 aliphatic carbocycles. The van der Waals surface area contributed by atoms with E-state index in [0.717, 1.165) is 30.2 Å². The Morgan fingerprint density at radius 1 is 1.15 bits per heavy atom. The lowest BCUT2D eigenvalue weighted by molar-refractivity contribution is 0.391. The largest absolute Gasteiger partial charge is 0.401 e. The van der Waals surface area contributed by atoms with E-state index in [1.165, 1.54) is 18.4 Å². The SMILES string of the molecule is NC1=CCC(C=Cc2ccccc2)(CC2CC2)C(N)=C1. The van der Waals surface area contributed by atoms with E-state index >= 15 is 0 Å². The number of rotatable bonds is 4. The standard InChI is InChI=1S/C18H22N2/c19-16-9-11-18(17(20)12-16,13-15-6-7-15)10-8-14-4-2-1-3-5-14/h1-5,8-10,12,15H,6-7,11,13,19-20H2. The Hall–Kier alpha value is -1.96. The molecule has 0 bridgehead atoms. The molecule has 1 atom stereocenters. The van der Waals surface area contributed by atoms with Crippen LogP contribution in [0.1, 0.15) is 31.2 Å². The van der Waals surface area contributed by atoms with E-state index in [2.05, 4.69) is 42.5 Å². The van der Waals surface area contributed by atoms with Gasteiger partial charge in [-0.3, -0.25) is 0 Å². The molecule has 1 fully saturated rings. The summed E-state index contributed by atoms with van der Waals surface area (Å²) >= 11 is 0.